The summed E-state index contributed by atoms with van der Waals surface area (Å²) in [6.45, 7) is 2.95. The molecule has 1 aromatic heterocycles. The molecule has 0 spiro atoms. The number of amides is 1. The summed E-state index contributed by atoms with van der Waals surface area (Å²) in [7, 11) is -1.91. The van der Waals surface area contributed by atoms with Gasteiger partial charge in [-0.1, -0.05) is 13.0 Å². The highest BCUT2D eigenvalue weighted by Crippen LogP contribution is 2.44. The molecule has 1 aromatic carbocycles. The number of fused-ring (bicyclic) bond motifs is 3. The largest absolute Gasteiger partial charge is 0.475 e. The maximum atomic E-state index is 13.4. The van der Waals surface area contributed by atoms with Crippen LogP contribution in [-0.4, -0.2) is 39.6 Å². The number of rotatable bonds is 4. The van der Waals surface area contributed by atoms with Crippen LogP contribution in [0.2, 0.25) is 0 Å². The lowest BCUT2D eigenvalue weighted by Gasteiger charge is -2.23. The van der Waals surface area contributed by atoms with Crippen molar-refractivity contribution < 1.29 is 13.7 Å². The van der Waals surface area contributed by atoms with Crippen molar-refractivity contribution in [3.05, 3.63) is 34.0 Å². The third kappa shape index (κ3) is 3.33. The molecule has 0 fully saturated rings. The summed E-state index contributed by atoms with van der Waals surface area (Å²) in [5.74, 6) is 0.0186. The van der Waals surface area contributed by atoms with Gasteiger partial charge in [-0.25, -0.2) is 18.8 Å². The van der Waals surface area contributed by atoms with Gasteiger partial charge in [0.15, 0.2) is 10.6 Å². The molecule has 9 nitrogen and oxygen atoms in total. The van der Waals surface area contributed by atoms with Crippen molar-refractivity contribution in [2.75, 3.05) is 19.0 Å². The quantitative estimate of drug-likeness (QED) is 0.571. The molecule has 5 rings (SSSR count). The van der Waals surface area contributed by atoms with Gasteiger partial charge in [-0.15, -0.1) is 0 Å². The molecule has 3 aliphatic rings. The molecule has 2 unspecified atom stereocenters. The zero-order valence-corrected chi connectivity index (χ0v) is 18.6. The van der Waals surface area contributed by atoms with Crippen molar-refractivity contribution in [3.8, 4) is 5.88 Å². The zero-order valence-electron chi connectivity index (χ0n) is 17.8. The number of carbonyl (C=O) groups excluding carboxylic acids is 1. The number of nitrogens with zero attached hydrogens (tertiary/aromatic N) is 2. The second kappa shape index (κ2) is 7.32. The number of hydrogen-bond donors (Lipinski definition) is 4. The van der Waals surface area contributed by atoms with Crippen LogP contribution in [0.1, 0.15) is 58.4 Å². The first-order valence-electron chi connectivity index (χ1n) is 10.7. The molecule has 1 aliphatic heterocycles. The fourth-order valence-corrected chi connectivity index (χ4v) is 6.00. The van der Waals surface area contributed by atoms with Gasteiger partial charge in [0.1, 0.15) is 16.5 Å². The maximum Gasteiger partial charge on any atom is 0.277 e. The van der Waals surface area contributed by atoms with Crippen LogP contribution in [0.15, 0.2) is 11.0 Å². The third-order valence-electron chi connectivity index (χ3n) is 6.71. The molecule has 0 bridgehead atoms. The summed E-state index contributed by atoms with van der Waals surface area (Å²) in [5.41, 5.74) is 5.78. The maximum absolute atomic E-state index is 13.4. The molecule has 5 N–H and O–H groups in total. The predicted octanol–water partition coefficient (Wildman–Crippen LogP) is 1.93. The molecule has 2 aromatic rings. The van der Waals surface area contributed by atoms with Crippen molar-refractivity contribution >= 4 is 21.5 Å². The molecule has 10 heteroatoms. The Morgan fingerprint density at radius 3 is 2.90 bits per heavy atom. The molecular weight excluding hydrogens is 416 g/mol. The SMILES string of the molecule is CNC1COc2c(S(=N)(N)=O)c(C(=O)Nc3c4c(cc5c3[C@@H](C)CC5)CCC4)nn2C1. The van der Waals surface area contributed by atoms with Gasteiger partial charge >= 0.3 is 0 Å². The van der Waals surface area contributed by atoms with E-state index in [1.165, 1.54) is 26.9 Å². The van der Waals surface area contributed by atoms with Crippen molar-refractivity contribution in [2.45, 2.75) is 62.4 Å². The second-order valence-corrected chi connectivity index (χ2v) is 10.4. The Kier molecular flexibility index (Phi) is 4.83. The first-order valence-corrected chi connectivity index (χ1v) is 12.4. The van der Waals surface area contributed by atoms with Crippen LogP contribution in [0.4, 0.5) is 5.69 Å². The molecule has 31 heavy (non-hydrogen) atoms. The number of hydrogen-bond acceptors (Lipinski definition) is 6. The molecule has 0 saturated heterocycles. The normalized spacial score (nSPS) is 23.5. The lowest BCUT2D eigenvalue weighted by atomic mass is 9.94. The lowest BCUT2D eigenvalue weighted by molar-refractivity contribution is 0.101. The van der Waals surface area contributed by atoms with Crippen molar-refractivity contribution in [2.24, 2.45) is 5.14 Å². The predicted molar refractivity (Wildman–Crippen MR) is 117 cm³/mol. The minimum Gasteiger partial charge on any atom is -0.475 e. The average molecular weight is 445 g/mol. The standard InChI is InChI=1S/C21H28N6O3S/c1-11-6-7-13-8-12-4-3-5-15(12)17(16(11)13)25-20(28)18-19(31(22,23)29)21-27(26-18)9-14(24-2)10-30-21/h8,11,14,24H,3-7,9-10H2,1-2H3,(H,25,28)(H3,22,23,29)/t11-,14?/m0/s1. The number of aromatic nitrogens is 2. The number of nitrogens with two attached hydrogens (primary N) is 1. The first-order chi connectivity index (χ1) is 14.8. The topological polar surface area (TPSA) is 135 Å². The average Bonchev–Trinajstić information content (AvgIpc) is 3.43. The summed E-state index contributed by atoms with van der Waals surface area (Å²) in [6.07, 6.45) is 5.10. The van der Waals surface area contributed by atoms with Crippen molar-refractivity contribution in [1.82, 2.24) is 15.1 Å². The van der Waals surface area contributed by atoms with E-state index in [-0.39, 0.29) is 22.5 Å². The molecule has 0 saturated carbocycles. The van der Waals surface area contributed by atoms with E-state index in [9.17, 15) is 9.00 Å². The summed E-state index contributed by atoms with van der Waals surface area (Å²) in [6, 6.07) is 2.30. The van der Waals surface area contributed by atoms with Gasteiger partial charge in [-0.05, 0) is 67.3 Å². The number of likely N-dealkylation sites (N-methyl/N-ethyl adjacent to an activating group) is 1. The highest BCUT2D eigenvalue weighted by atomic mass is 32.2. The summed E-state index contributed by atoms with van der Waals surface area (Å²) in [5, 5.41) is 16.3. The summed E-state index contributed by atoms with van der Waals surface area (Å²) >= 11 is 0. The Hall–Kier alpha value is -2.43. The van der Waals surface area contributed by atoms with Crippen LogP contribution in [0, 0.1) is 4.78 Å². The monoisotopic (exact) mass is 444 g/mol. The molecule has 2 aliphatic carbocycles. The van der Waals surface area contributed by atoms with Crippen molar-refractivity contribution in [1.29, 1.82) is 4.78 Å². The lowest BCUT2D eigenvalue weighted by Crippen LogP contribution is -2.40. The molecule has 1 amide bonds. The van der Waals surface area contributed by atoms with Crippen molar-refractivity contribution in [3.63, 3.8) is 0 Å². The zero-order chi connectivity index (χ0) is 21.9. The van der Waals surface area contributed by atoms with Crippen LogP contribution < -0.4 is 20.5 Å². The smallest absolute Gasteiger partial charge is 0.277 e. The van der Waals surface area contributed by atoms with Crippen LogP contribution >= 0.6 is 0 Å². The van der Waals surface area contributed by atoms with E-state index < -0.39 is 15.8 Å². The number of benzene rings is 1. The minimum atomic E-state index is -3.72. The Bertz CT molecular complexity index is 1190. The molecular formula is C21H28N6O3S. The van der Waals surface area contributed by atoms with E-state index in [1.54, 1.807) is 0 Å². The number of anilines is 1. The minimum absolute atomic E-state index is 0.00256. The highest BCUT2D eigenvalue weighted by Gasteiger charge is 2.35. The Morgan fingerprint density at radius 2 is 2.16 bits per heavy atom. The second-order valence-electron chi connectivity index (χ2n) is 8.77. The van der Waals surface area contributed by atoms with E-state index in [0.29, 0.717) is 19.1 Å². The van der Waals surface area contributed by atoms with Gasteiger partial charge in [-0.2, -0.15) is 5.10 Å². The summed E-state index contributed by atoms with van der Waals surface area (Å²) in [4.78, 5) is 13.3. The van der Waals surface area contributed by atoms with E-state index in [1.807, 2.05) is 7.05 Å². The number of carbonyl (C=O) groups is 1. The van der Waals surface area contributed by atoms with Crippen LogP contribution in [0.25, 0.3) is 0 Å². The van der Waals surface area contributed by atoms with E-state index in [2.05, 4.69) is 28.7 Å². The number of nitrogens with one attached hydrogen (secondary N) is 3. The van der Waals surface area contributed by atoms with E-state index in [0.717, 1.165) is 37.8 Å². The van der Waals surface area contributed by atoms with Gasteiger partial charge in [0.2, 0.25) is 5.88 Å². The molecule has 0 radical (unpaired) electrons. The third-order valence-corrected chi connectivity index (χ3v) is 7.68. The molecule has 2 heterocycles. The van der Waals surface area contributed by atoms with Crippen LogP contribution in [-0.2, 0) is 35.7 Å². The molecule has 3 atom stereocenters. The fraction of sp³-hybridized carbons (Fsp3) is 0.524. The molecule has 166 valence electrons. The first kappa shape index (κ1) is 20.5. The Balaban J connectivity index is 1.58. The van der Waals surface area contributed by atoms with Gasteiger partial charge in [0.05, 0.1) is 12.6 Å². The Morgan fingerprint density at radius 1 is 1.35 bits per heavy atom. The van der Waals surface area contributed by atoms with Gasteiger partial charge in [0, 0.05) is 5.69 Å². The highest BCUT2D eigenvalue weighted by molar-refractivity contribution is 7.90. The van der Waals surface area contributed by atoms with Crippen LogP contribution in [0.5, 0.6) is 5.88 Å². The van der Waals surface area contributed by atoms with E-state index in [4.69, 9.17) is 14.7 Å². The van der Waals surface area contributed by atoms with E-state index >= 15 is 0 Å². The Labute approximate surface area is 181 Å². The van der Waals surface area contributed by atoms with Crippen LogP contribution in [0.3, 0.4) is 0 Å². The number of aryl methyl sites for hydroxylation is 2. The summed E-state index contributed by atoms with van der Waals surface area (Å²) < 4.78 is 27.8. The van der Waals surface area contributed by atoms with Gasteiger partial charge in [0.25, 0.3) is 5.91 Å². The van der Waals surface area contributed by atoms with Gasteiger partial charge < -0.3 is 15.4 Å². The number of ether oxygens (including phenoxy) is 1. The van der Waals surface area contributed by atoms with Gasteiger partial charge in [-0.3, -0.25) is 4.79 Å². The fourth-order valence-electron chi connectivity index (χ4n) is 5.16.